The summed E-state index contributed by atoms with van der Waals surface area (Å²) < 4.78 is 67.5. The molecular weight excluding hydrogens is 436 g/mol. The van der Waals surface area contributed by atoms with Crippen LogP contribution in [0.2, 0.25) is 10.0 Å². The lowest BCUT2D eigenvalue weighted by Gasteiger charge is -2.13. The number of nitrogens with zero attached hydrogens (tertiary/aromatic N) is 2. The highest BCUT2D eigenvalue weighted by atomic mass is 35.5. The van der Waals surface area contributed by atoms with Crippen molar-refractivity contribution in [3.8, 4) is 11.6 Å². The van der Waals surface area contributed by atoms with Gasteiger partial charge in [0.15, 0.2) is 5.75 Å². The normalized spacial score (nSPS) is 12.1. The first-order valence-electron chi connectivity index (χ1n) is 6.99. The Bertz CT molecular complexity index is 989. The lowest BCUT2D eigenvalue weighted by Crippen LogP contribution is -2.10. The Labute approximate surface area is 160 Å². The van der Waals surface area contributed by atoms with Gasteiger partial charge in [0.25, 0.3) is 0 Å². The van der Waals surface area contributed by atoms with Gasteiger partial charge in [0, 0.05) is 12.1 Å². The van der Waals surface area contributed by atoms with E-state index < -0.39 is 64.6 Å². The molecule has 0 aliphatic heterocycles. The summed E-state index contributed by atoms with van der Waals surface area (Å²) in [5, 5.41) is 9.15. The highest BCUT2D eigenvalue weighted by Crippen LogP contribution is 2.41. The van der Waals surface area contributed by atoms with E-state index in [1.165, 1.54) is 6.92 Å². The molecule has 13 heteroatoms. The average molecular weight is 445 g/mol. The van der Waals surface area contributed by atoms with Gasteiger partial charge in [-0.15, -0.1) is 0 Å². The van der Waals surface area contributed by atoms with Crippen molar-refractivity contribution in [3.63, 3.8) is 0 Å². The van der Waals surface area contributed by atoms with Crippen LogP contribution in [-0.4, -0.2) is 24.1 Å². The van der Waals surface area contributed by atoms with Crippen molar-refractivity contribution < 1.29 is 31.2 Å². The standard InChI is InChI=1S/C14H9Cl2F3N2O5S/c1-2-27(24,25)13-10(21(22)23)3-4-11(20-13)26-12-8(15)5-7(6-9(12)16)14(17,18)19/h3-6H,2H2,1H3. The number of halogens is 5. The van der Waals surface area contributed by atoms with Gasteiger partial charge in [-0.2, -0.15) is 18.2 Å². The van der Waals surface area contributed by atoms with Crippen molar-refractivity contribution in [2.24, 2.45) is 0 Å². The van der Waals surface area contributed by atoms with E-state index in [2.05, 4.69) is 4.98 Å². The second-order valence-electron chi connectivity index (χ2n) is 5.00. The minimum atomic E-state index is -4.69. The zero-order chi connectivity index (χ0) is 20.6. The van der Waals surface area contributed by atoms with Gasteiger partial charge in [0.05, 0.1) is 26.3 Å². The molecule has 1 heterocycles. The minimum Gasteiger partial charge on any atom is -0.436 e. The zero-order valence-electron chi connectivity index (χ0n) is 13.3. The molecule has 7 nitrogen and oxygen atoms in total. The molecule has 1 aromatic carbocycles. The summed E-state index contributed by atoms with van der Waals surface area (Å²) in [6.45, 7) is 1.26. The van der Waals surface area contributed by atoms with Crippen molar-refractivity contribution in [1.82, 2.24) is 4.98 Å². The van der Waals surface area contributed by atoms with Gasteiger partial charge in [-0.1, -0.05) is 30.1 Å². The molecule has 0 spiro atoms. The molecule has 0 atom stereocenters. The topological polar surface area (TPSA) is 99.4 Å². The number of aromatic nitrogens is 1. The summed E-state index contributed by atoms with van der Waals surface area (Å²) in [7, 11) is -4.08. The van der Waals surface area contributed by atoms with Crippen LogP contribution in [-0.2, 0) is 16.0 Å². The lowest BCUT2D eigenvalue weighted by atomic mass is 10.2. The number of hydrogen-bond acceptors (Lipinski definition) is 6. The smallest absolute Gasteiger partial charge is 0.416 e. The van der Waals surface area contributed by atoms with Crippen LogP contribution in [0.3, 0.4) is 0 Å². The number of pyridine rings is 1. The van der Waals surface area contributed by atoms with E-state index in [0.717, 1.165) is 12.1 Å². The van der Waals surface area contributed by atoms with E-state index in [1.54, 1.807) is 0 Å². The maximum atomic E-state index is 12.7. The third-order valence-corrected chi connectivity index (χ3v) is 5.43. The van der Waals surface area contributed by atoms with Gasteiger partial charge < -0.3 is 4.74 Å². The fourth-order valence-electron chi connectivity index (χ4n) is 1.90. The van der Waals surface area contributed by atoms with Crippen LogP contribution in [0.4, 0.5) is 18.9 Å². The minimum absolute atomic E-state index is 0.410. The van der Waals surface area contributed by atoms with Crippen LogP contribution >= 0.6 is 23.2 Å². The lowest BCUT2D eigenvalue weighted by molar-refractivity contribution is -0.388. The predicted octanol–water partition coefficient (Wildman–Crippen LogP) is 4.90. The van der Waals surface area contributed by atoms with Crippen LogP contribution in [0, 0.1) is 10.1 Å². The molecule has 0 bridgehead atoms. The first-order chi connectivity index (χ1) is 12.4. The van der Waals surface area contributed by atoms with Crippen LogP contribution in [0.5, 0.6) is 11.6 Å². The highest BCUT2D eigenvalue weighted by molar-refractivity contribution is 7.91. The number of nitro groups is 1. The first-order valence-corrected chi connectivity index (χ1v) is 9.40. The molecule has 0 saturated carbocycles. The first kappa shape index (κ1) is 21.2. The maximum absolute atomic E-state index is 12.7. The third-order valence-electron chi connectivity index (χ3n) is 3.22. The Morgan fingerprint density at radius 2 is 1.78 bits per heavy atom. The fourth-order valence-corrected chi connectivity index (χ4v) is 3.43. The summed E-state index contributed by atoms with van der Waals surface area (Å²) in [4.78, 5) is 13.7. The molecule has 27 heavy (non-hydrogen) atoms. The molecule has 146 valence electrons. The second kappa shape index (κ2) is 7.49. The van der Waals surface area contributed by atoms with Crippen molar-refractivity contribution >= 4 is 38.7 Å². The molecule has 0 N–H and O–H groups in total. The molecule has 0 saturated heterocycles. The number of rotatable bonds is 5. The molecule has 0 radical (unpaired) electrons. The molecule has 2 aromatic rings. The van der Waals surface area contributed by atoms with E-state index in [4.69, 9.17) is 27.9 Å². The Morgan fingerprint density at radius 1 is 1.22 bits per heavy atom. The van der Waals surface area contributed by atoms with E-state index in [-0.39, 0.29) is 0 Å². The number of benzene rings is 1. The van der Waals surface area contributed by atoms with Gasteiger partial charge in [0.1, 0.15) is 0 Å². The van der Waals surface area contributed by atoms with Gasteiger partial charge in [-0.25, -0.2) is 8.42 Å². The van der Waals surface area contributed by atoms with Gasteiger partial charge in [-0.3, -0.25) is 10.1 Å². The Balaban J connectivity index is 2.53. The summed E-state index contributed by atoms with van der Waals surface area (Å²) in [6.07, 6.45) is -4.69. The average Bonchev–Trinajstić information content (AvgIpc) is 2.56. The molecule has 0 unspecified atom stereocenters. The van der Waals surface area contributed by atoms with Crippen molar-refractivity contribution in [1.29, 1.82) is 0 Å². The van der Waals surface area contributed by atoms with E-state index in [1.807, 2.05) is 0 Å². The molecular formula is C14H9Cl2F3N2O5S. The van der Waals surface area contributed by atoms with Crippen LogP contribution in [0.15, 0.2) is 29.3 Å². The monoisotopic (exact) mass is 444 g/mol. The van der Waals surface area contributed by atoms with Crippen LogP contribution in [0.25, 0.3) is 0 Å². The van der Waals surface area contributed by atoms with Crippen LogP contribution in [0.1, 0.15) is 12.5 Å². The Kier molecular flexibility index (Phi) is 5.88. The van der Waals surface area contributed by atoms with Gasteiger partial charge >= 0.3 is 11.9 Å². The predicted molar refractivity (Wildman–Crippen MR) is 90.2 cm³/mol. The van der Waals surface area contributed by atoms with Crippen LogP contribution < -0.4 is 4.74 Å². The summed E-state index contributed by atoms with van der Waals surface area (Å²) in [5.41, 5.74) is -1.88. The molecule has 0 aliphatic rings. The van der Waals surface area contributed by atoms with E-state index in [9.17, 15) is 31.7 Å². The third kappa shape index (κ3) is 4.60. The number of hydrogen-bond donors (Lipinski definition) is 0. The number of ether oxygens (including phenoxy) is 1. The maximum Gasteiger partial charge on any atom is 0.416 e. The fraction of sp³-hybridized carbons (Fsp3) is 0.214. The highest BCUT2D eigenvalue weighted by Gasteiger charge is 2.33. The molecule has 0 fully saturated rings. The SMILES string of the molecule is CCS(=O)(=O)c1nc(Oc2c(Cl)cc(C(F)(F)F)cc2Cl)ccc1[N+](=O)[O-]. The summed E-state index contributed by atoms with van der Waals surface area (Å²) in [5.74, 6) is -1.32. The Hall–Kier alpha value is -2.11. The molecule has 0 amide bonds. The van der Waals surface area contributed by atoms with E-state index in [0.29, 0.717) is 12.1 Å². The number of sulfone groups is 1. The van der Waals surface area contributed by atoms with E-state index >= 15 is 0 Å². The van der Waals surface area contributed by atoms with Gasteiger partial charge in [0.2, 0.25) is 20.7 Å². The quantitative estimate of drug-likeness (QED) is 0.480. The second-order valence-corrected chi connectivity index (χ2v) is 8.01. The molecule has 0 aliphatic carbocycles. The van der Waals surface area contributed by atoms with Crippen molar-refractivity contribution in [3.05, 3.63) is 50.0 Å². The summed E-state index contributed by atoms with van der Waals surface area (Å²) >= 11 is 11.5. The Morgan fingerprint density at radius 3 is 2.22 bits per heavy atom. The molecule has 1 aromatic heterocycles. The zero-order valence-corrected chi connectivity index (χ0v) is 15.6. The number of alkyl halides is 3. The van der Waals surface area contributed by atoms with Crippen molar-refractivity contribution in [2.75, 3.05) is 5.75 Å². The van der Waals surface area contributed by atoms with Crippen molar-refractivity contribution in [2.45, 2.75) is 18.1 Å². The molecule has 2 rings (SSSR count). The largest absolute Gasteiger partial charge is 0.436 e. The van der Waals surface area contributed by atoms with Gasteiger partial charge in [-0.05, 0) is 12.1 Å². The summed E-state index contributed by atoms with van der Waals surface area (Å²) in [6, 6.07) is 2.95.